The van der Waals surface area contributed by atoms with E-state index in [1.807, 2.05) is 24.3 Å². The Kier molecular flexibility index (Phi) is 5.76. The van der Waals surface area contributed by atoms with Crippen LogP contribution in [0, 0.1) is 0 Å². The summed E-state index contributed by atoms with van der Waals surface area (Å²) in [5.41, 5.74) is 7.03. The summed E-state index contributed by atoms with van der Waals surface area (Å²) in [6.45, 7) is 2.93. The van der Waals surface area contributed by atoms with E-state index in [9.17, 15) is 0 Å². The molecule has 2 rings (SSSR count). The molecule has 0 spiro atoms. The van der Waals surface area contributed by atoms with Crippen LogP contribution in [0.25, 0.3) is 0 Å². The van der Waals surface area contributed by atoms with Gasteiger partial charge in [-0.25, -0.2) is 4.98 Å². The molecule has 0 amide bonds. The second-order valence-electron chi connectivity index (χ2n) is 4.70. The number of benzene rings is 1. The molecule has 6 heteroatoms. The van der Waals surface area contributed by atoms with Crippen LogP contribution in [0.1, 0.15) is 31.2 Å². The minimum absolute atomic E-state index is 0.254. The first kappa shape index (κ1) is 15.2. The van der Waals surface area contributed by atoms with Crippen LogP contribution in [0.2, 0.25) is 5.02 Å². The summed E-state index contributed by atoms with van der Waals surface area (Å²) in [6, 6.07) is 8.01. The molecular weight excluding hydrogens is 292 g/mol. The Morgan fingerprint density at radius 2 is 2.10 bits per heavy atom. The lowest BCUT2D eigenvalue weighted by atomic mass is 10.1. The number of nitrogens with two attached hydrogens (primary N) is 1. The summed E-state index contributed by atoms with van der Waals surface area (Å²) in [7, 11) is 0. The summed E-state index contributed by atoms with van der Waals surface area (Å²) < 4.78 is 4.36. The largest absolute Gasteiger partial charge is 0.360 e. The quantitative estimate of drug-likeness (QED) is 0.823. The van der Waals surface area contributed by atoms with E-state index < -0.39 is 0 Å². The highest BCUT2D eigenvalue weighted by molar-refractivity contribution is 7.09. The highest BCUT2D eigenvalue weighted by atomic mass is 35.5. The zero-order chi connectivity index (χ0) is 14.4. The number of hydrogen-bond donors (Lipinski definition) is 2. The Hall–Kier alpha value is -1.17. The third-order valence-corrected chi connectivity index (χ3v) is 4.02. The number of aromatic nitrogens is 2. The Morgan fingerprint density at radius 3 is 2.80 bits per heavy atom. The number of hydrogen-bond acceptors (Lipinski definition) is 5. The fourth-order valence-corrected chi connectivity index (χ4v) is 2.49. The molecule has 1 aromatic heterocycles. The molecule has 3 N–H and O–H groups in total. The zero-order valence-electron chi connectivity index (χ0n) is 11.5. The average Bonchev–Trinajstić information content (AvgIpc) is 2.89. The summed E-state index contributed by atoms with van der Waals surface area (Å²) in [5.74, 6) is 0.833. The van der Waals surface area contributed by atoms with Crippen molar-refractivity contribution in [3.8, 4) is 0 Å². The van der Waals surface area contributed by atoms with Gasteiger partial charge in [-0.05, 0) is 30.5 Å². The van der Waals surface area contributed by atoms with Crippen molar-refractivity contribution in [2.45, 2.75) is 32.2 Å². The Labute approximate surface area is 128 Å². The molecule has 0 aliphatic heterocycles. The number of nitrogens with zero attached hydrogens (tertiary/aromatic N) is 2. The molecule has 1 atom stereocenters. The van der Waals surface area contributed by atoms with Crippen molar-refractivity contribution in [1.29, 1.82) is 0 Å². The normalized spacial score (nSPS) is 12.3. The highest BCUT2D eigenvalue weighted by Crippen LogP contribution is 2.16. The third kappa shape index (κ3) is 4.74. The average molecular weight is 311 g/mol. The Morgan fingerprint density at radius 1 is 1.35 bits per heavy atom. The van der Waals surface area contributed by atoms with E-state index in [1.165, 1.54) is 11.5 Å². The minimum atomic E-state index is 0.254. The topological polar surface area (TPSA) is 63.8 Å². The van der Waals surface area contributed by atoms with Crippen LogP contribution in [0.3, 0.4) is 0 Å². The van der Waals surface area contributed by atoms with Crippen molar-refractivity contribution in [2.24, 2.45) is 5.73 Å². The maximum Gasteiger partial charge on any atom is 0.202 e. The SMILES string of the molecule is CCC(N)CCNc1nc(Cc2ccc(Cl)cc2)ns1. The molecule has 108 valence electrons. The van der Waals surface area contributed by atoms with Gasteiger partial charge < -0.3 is 11.1 Å². The summed E-state index contributed by atoms with van der Waals surface area (Å²) in [4.78, 5) is 4.47. The lowest BCUT2D eigenvalue weighted by Crippen LogP contribution is -2.22. The second kappa shape index (κ2) is 7.57. The molecule has 0 saturated carbocycles. The third-order valence-electron chi connectivity index (χ3n) is 3.06. The summed E-state index contributed by atoms with van der Waals surface area (Å²) >= 11 is 7.26. The van der Waals surface area contributed by atoms with Crippen molar-refractivity contribution in [1.82, 2.24) is 9.36 Å². The van der Waals surface area contributed by atoms with Gasteiger partial charge in [-0.15, -0.1) is 0 Å². The first-order valence-corrected chi connectivity index (χ1v) is 7.89. The first-order chi connectivity index (χ1) is 9.67. The molecule has 0 radical (unpaired) electrons. The van der Waals surface area contributed by atoms with Crippen LogP contribution in [0.5, 0.6) is 0 Å². The van der Waals surface area contributed by atoms with Crippen LogP contribution in [0.15, 0.2) is 24.3 Å². The van der Waals surface area contributed by atoms with Gasteiger partial charge in [0.1, 0.15) is 5.82 Å². The van der Waals surface area contributed by atoms with E-state index in [2.05, 4.69) is 21.6 Å². The molecule has 2 aromatic rings. The van der Waals surface area contributed by atoms with Crippen molar-refractivity contribution in [2.75, 3.05) is 11.9 Å². The van der Waals surface area contributed by atoms with Crippen LogP contribution in [0.4, 0.5) is 5.13 Å². The van der Waals surface area contributed by atoms with Crippen LogP contribution in [-0.2, 0) is 6.42 Å². The molecule has 0 bridgehead atoms. The van der Waals surface area contributed by atoms with E-state index in [-0.39, 0.29) is 6.04 Å². The van der Waals surface area contributed by atoms with Crippen molar-refractivity contribution >= 4 is 28.3 Å². The molecule has 1 heterocycles. The molecule has 1 unspecified atom stereocenters. The molecule has 0 aliphatic rings. The van der Waals surface area contributed by atoms with Gasteiger partial charge in [-0.3, -0.25) is 0 Å². The maximum atomic E-state index is 5.87. The van der Waals surface area contributed by atoms with Gasteiger partial charge in [0.05, 0.1) is 0 Å². The predicted octanol–water partition coefficient (Wildman–Crippen LogP) is 3.32. The van der Waals surface area contributed by atoms with Crippen LogP contribution in [-0.4, -0.2) is 21.9 Å². The van der Waals surface area contributed by atoms with Crippen LogP contribution < -0.4 is 11.1 Å². The fraction of sp³-hybridized carbons (Fsp3) is 0.429. The van der Waals surface area contributed by atoms with Gasteiger partial charge in [0.2, 0.25) is 5.13 Å². The first-order valence-electron chi connectivity index (χ1n) is 6.74. The lowest BCUT2D eigenvalue weighted by molar-refractivity contribution is 0.613. The molecule has 1 aromatic carbocycles. The number of halogens is 1. The Bertz CT molecular complexity index is 526. The summed E-state index contributed by atoms with van der Waals surface area (Å²) in [6.07, 6.45) is 2.67. The standard InChI is InChI=1S/C14H19ClN4S/c1-2-12(16)7-8-17-14-18-13(19-20-14)9-10-3-5-11(15)6-4-10/h3-6,12H,2,7-9,16H2,1H3,(H,17,18,19). The van der Waals surface area contributed by atoms with Crippen molar-refractivity contribution in [3.05, 3.63) is 40.7 Å². The van der Waals surface area contributed by atoms with Crippen LogP contribution >= 0.6 is 23.1 Å². The number of rotatable bonds is 7. The van der Waals surface area contributed by atoms with Gasteiger partial charge in [-0.1, -0.05) is 30.7 Å². The summed E-state index contributed by atoms with van der Waals surface area (Å²) in [5, 5.41) is 4.87. The van der Waals surface area contributed by atoms with E-state index in [0.29, 0.717) is 0 Å². The molecule has 0 aliphatic carbocycles. The zero-order valence-corrected chi connectivity index (χ0v) is 13.0. The molecule has 4 nitrogen and oxygen atoms in total. The number of nitrogens with one attached hydrogen (secondary N) is 1. The van der Waals surface area contributed by atoms with Gasteiger partial charge in [0, 0.05) is 35.6 Å². The predicted molar refractivity (Wildman–Crippen MR) is 85.5 cm³/mol. The van der Waals surface area contributed by atoms with Gasteiger partial charge in [0.25, 0.3) is 0 Å². The number of anilines is 1. The maximum absolute atomic E-state index is 5.87. The van der Waals surface area contributed by atoms with E-state index in [1.54, 1.807) is 0 Å². The van der Waals surface area contributed by atoms with Crippen molar-refractivity contribution < 1.29 is 0 Å². The molecule has 0 saturated heterocycles. The van der Waals surface area contributed by atoms with E-state index in [4.69, 9.17) is 17.3 Å². The molecular formula is C14H19ClN4S. The Balaban J connectivity index is 1.84. The fourth-order valence-electron chi connectivity index (χ4n) is 1.75. The lowest BCUT2D eigenvalue weighted by Gasteiger charge is -2.07. The van der Waals surface area contributed by atoms with Gasteiger partial charge in [0.15, 0.2) is 0 Å². The van der Waals surface area contributed by atoms with E-state index >= 15 is 0 Å². The van der Waals surface area contributed by atoms with Gasteiger partial charge in [-0.2, -0.15) is 4.37 Å². The van der Waals surface area contributed by atoms with Crippen molar-refractivity contribution in [3.63, 3.8) is 0 Å². The molecule has 0 fully saturated rings. The van der Waals surface area contributed by atoms with E-state index in [0.717, 1.165) is 47.3 Å². The minimum Gasteiger partial charge on any atom is -0.360 e. The highest BCUT2D eigenvalue weighted by Gasteiger charge is 2.05. The monoisotopic (exact) mass is 310 g/mol. The molecule has 20 heavy (non-hydrogen) atoms. The second-order valence-corrected chi connectivity index (χ2v) is 5.89. The van der Waals surface area contributed by atoms with Gasteiger partial charge >= 0.3 is 0 Å². The smallest absolute Gasteiger partial charge is 0.202 e.